The average molecular weight is 458 g/mol. The molecule has 0 spiro atoms. The van der Waals surface area contributed by atoms with Gasteiger partial charge in [0.15, 0.2) is 0 Å². The fraction of sp³-hybridized carbons (Fsp3) is 0.478. The highest BCUT2D eigenvalue weighted by Gasteiger charge is 2.48. The van der Waals surface area contributed by atoms with Crippen LogP contribution in [-0.2, 0) is 29.2 Å². The summed E-state index contributed by atoms with van der Waals surface area (Å²) in [4.78, 5) is 2.21. The normalized spacial score (nSPS) is 24.8. The molecule has 0 aromatic heterocycles. The molecule has 174 valence electrons. The number of fused-ring (bicyclic) bond motifs is 3. The predicted molar refractivity (Wildman–Crippen MR) is 107 cm³/mol. The molecule has 2 heterocycles. The molecule has 4 rings (SSSR count). The lowest BCUT2D eigenvalue weighted by Gasteiger charge is -2.45. The first kappa shape index (κ1) is 23.1. The van der Waals surface area contributed by atoms with Gasteiger partial charge in [-0.2, -0.15) is 26.3 Å². The van der Waals surface area contributed by atoms with Crippen molar-refractivity contribution in [1.29, 1.82) is 0 Å². The number of halogens is 6. The molecule has 3 nitrogen and oxygen atoms in total. The Labute approximate surface area is 182 Å². The summed E-state index contributed by atoms with van der Waals surface area (Å²) in [6.45, 7) is 2.96. The van der Waals surface area contributed by atoms with E-state index in [0.717, 1.165) is 29.7 Å². The van der Waals surface area contributed by atoms with Crippen molar-refractivity contribution >= 4 is 0 Å². The third kappa shape index (κ3) is 4.25. The van der Waals surface area contributed by atoms with E-state index in [2.05, 4.69) is 4.90 Å². The van der Waals surface area contributed by atoms with Crippen LogP contribution in [0, 0.1) is 0 Å². The molecular weight excluding hydrogens is 434 g/mol. The second-order valence-corrected chi connectivity index (χ2v) is 8.66. The smallest absolute Gasteiger partial charge is 0.372 e. The first-order valence-electron chi connectivity index (χ1n) is 10.4. The Morgan fingerprint density at radius 3 is 2.31 bits per heavy atom. The van der Waals surface area contributed by atoms with Crippen LogP contribution in [0.25, 0.3) is 0 Å². The van der Waals surface area contributed by atoms with Crippen molar-refractivity contribution in [1.82, 2.24) is 4.90 Å². The molecule has 0 aliphatic carbocycles. The molecule has 1 saturated heterocycles. The third-order valence-electron chi connectivity index (χ3n) is 6.52. The minimum absolute atomic E-state index is 0.00710. The van der Waals surface area contributed by atoms with Crippen molar-refractivity contribution < 1.29 is 31.1 Å². The Hall–Kier alpha value is -2.10. The molecular formula is C23H24F6N2O. The summed E-state index contributed by atoms with van der Waals surface area (Å²) in [6.07, 6.45) is -9.29. The van der Waals surface area contributed by atoms with Crippen molar-refractivity contribution in [2.45, 2.75) is 56.3 Å². The molecule has 0 amide bonds. The highest BCUT2D eigenvalue weighted by atomic mass is 19.4. The molecule has 2 aromatic carbocycles. The van der Waals surface area contributed by atoms with Crippen molar-refractivity contribution in [3.8, 4) is 0 Å². The van der Waals surface area contributed by atoms with Crippen molar-refractivity contribution in [2.24, 2.45) is 5.73 Å². The molecule has 2 N–H and O–H groups in total. The lowest BCUT2D eigenvalue weighted by molar-refractivity contribution is -0.143. The summed E-state index contributed by atoms with van der Waals surface area (Å²) in [5, 5.41) is 0. The van der Waals surface area contributed by atoms with Gasteiger partial charge in [-0.15, -0.1) is 0 Å². The molecule has 9 heteroatoms. The van der Waals surface area contributed by atoms with E-state index in [4.69, 9.17) is 10.5 Å². The first-order valence-corrected chi connectivity index (χ1v) is 10.4. The van der Waals surface area contributed by atoms with Gasteiger partial charge in [0, 0.05) is 19.1 Å². The lowest BCUT2D eigenvalue weighted by Crippen LogP contribution is -2.54. The second-order valence-electron chi connectivity index (χ2n) is 8.66. The highest BCUT2D eigenvalue weighted by molar-refractivity contribution is 5.39. The molecule has 0 bridgehead atoms. The van der Waals surface area contributed by atoms with Crippen molar-refractivity contribution in [3.63, 3.8) is 0 Å². The van der Waals surface area contributed by atoms with Gasteiger partial charge in [0.05, 0.1) is 29.4 Å². The summed E-state index contributed by atoms with van der Waals surface area (Å²) in [5.74, 6) is 0. The monoisotopic (exact) mass is 458 g/mol. The number of piperidine rings is 1. The van der Waals surface area contributed by atoms with Crippen LogP contribution in [0.3, 0.4) is 0 Å². The van der Waals surface area contributed by atoms with E-state index in [1.807, 2.05) is 24.3 Å². The zero-order chi connectivity index (χ0) is 23.3. The van der Waals surface area contributed by atoms with Crippen LogP contribution in [0.15, 0.2) is 42.5 Å². The first-order chi connectivity index (χ1) is 14.9. The van der Waals surface area contributed by atoms with E-state index in [9.17, 15) is 26.3 Å². The Kier molecular flexibility index (Phi) is 5.80. The lowest BCUT2D eigenvalue weighted by atomic mass is 9.81. The molecule has 0 unspecified atom stereocenters. The number of rotatable bonds is 4. The number of nitrogens with two attached hydrogens (primary N) is 1. The van der Waals surface area contributed by atoms with Gasteiger partial charge in [0.1, 0.15) is 0 Å². The quantitative estimate of drug-likeness (QED) is 0.604. The van der Waals surface area contributed by atoms with Crippen molar-refractivity contribution in [3.05, 3.63) is 70.3 Å². The van der Waals surface area contributed by atoms with Gasteiger partial charge in [0.25, 0.3) is 0 Å². The second kappa shape index (κ2) is 8.04. The Morgan fingerprint density at radius 2 is 1.69 bits per heavy atom. The van der Waals surface area contributed by atoms with Crippen LogP contribution in [0.1, 0.15) is 53.7 Å². The fourth-order valence-corrected chi connectivity index (χ4v) is 4.78. The fourth-order valence-electron chi connectivity index (χ4n) is 4.78. The van der Waals surface area contributed by atoms with Gasteiger partial charge < -0.3 is 10.5 Å². The standard InChI is InChI=1S/C23H24F6N2O/c1-14(16-8-17(22(24,25)26)10-18(9-16)23(27,28)29)32-13-21-7-6-19(30)12-31(21)11-15-4-2-3-5-20(15)21/h2-5,8-10,14,19H,6-7,11-13,30H2,1H3/t14-,19+,21-/m1/s1. The predicted octanol–water partition coefficient (Wildman–Crippen LogP) is 5.63. The van der Waals surface area contributed by atoms with Gasteiger partial charge in [0.2, 0.25) is 0 Å². The van der Waals surface area contributed by atoms with Gasteiger partial charge in [-0.25, -0.2) is 0 Å². The molecule has 3 atom stereocenters. The maximum absolute atomic E-state index is 13.2. The van der Waals surface area contributed by atoms with E-state index in [1.54, 1.807) is 0 Å². The van der Waals surface area contributed by atoms with Crippen LogP contribution in [0.4, 0.5) is 26.3 Å². The summed E-state index contributed by atoms with van der Waals surface area (Å²) in [7, 11) is 0. The molecule has 2 aliphatic rings. The van der Waals surface area contributed by atoms with Gasteiger partial charge in [-0.3, -0.25) is 4.90 Å². The van der Waals surface area contributed by atoms with Crippen LogP contribution < -0.4 is 5.73 Å². The van der Waals surface area contributed by atoms with Crippen LogP contribution in [0.2, 0.25) is 0 Å². The molecule has 2 aromatic rings. The summed E-state index contributed by atoms with van der Waals surface area (Å²) < 4.78 is 85.3. The maximum Gasteiger partial charge on any atom is 0.416 e. The topological polar surface area (TPSA) is 38.5 Å². The van der Waals surface area contributed by atoms with Crippen LogP contribution in [0.5, 0.6) is 0 Å². The van der Waals surface area contributed by atoms with Gasteiger partial charge >= 0.3 is 12.4 Å². The summed E-state index contributed by atoms with van der Waals surface area (Å²) in [6, 6.07) is 9.49. The van der Waals surface area contributed by atoms with Crippen LogP contribution >= 0.6 is 0 Å². The number of alkyl halides is 6. The number of ether oxygens (including phenoxy) is 1. The molecule has 32 heavy (non-hydrogen) atoms. The number of hydrogen-bond donors (Lipinski definition) is 1. The number of hydrogen-bond acceptors (Lipinski definition) is 3. The zero-order valence-corrected chi connectivity index (χ0v) is 17.4. The van der Waals surface area contributed by atoms with Gasteiger partial charge in [-0.05, 0) is 54.7 Å². The minimum Gasteiger partial charge on any atom is -0.372 e. The van der Waals surface area contributed by atoms with E-state index in [-0.39, 0.29) is 24.3 Å². The summed E-state index contributed by atoms with van der Waals surface area (Å²) >= 11 is 0. The van der Waals surface area contributed by atoms with E-state index >= 15 is 0 Å². The SMILES string of the molecule is C[C@@H](OC[C@@]12CC[C@H](N)CN1Cc1ccccc12)c1cc(C(F)(F)F)cc(C(F)(F)F)c1. The molecule has 1 fully saturated rings. The maximum atomic E-state index is 13.2. The molecule has 2 aliphatic heterocycles. The van der Waals surface area contributed by atoms with E-state index < -0.39 is 35.1 Å². The highest BCUT2D eigenvalue weighted by Crippen LogP contribution is 2.46. The molecule has 0 radical (unpaired) electrons. The zero-order valence-electron chi connectivity index (χ0n) is 17.4. The van der Waals surface area contributed by atoms with Crippen LogP contribution in [-0.4, -0.2) is 24.1 Å². The Balaban J connectivity index is 1.62. The Morgan fingerprint density at radius 1 is 1.06 bits per heavy atom. The third-order valence-corrected chi connectivity index (χ3v) is 6.52. The van der Waals surface area contributed by atoms with E-state index in [0.29, 0.717) is 19.5 Å². The summed E-state index contributed by atoms with van der Waals surface area (Å²) in [5.41, 5.74) is 5.04. The van der Waals surface area contributed by atoms with Crippen molar-refractivity contribution in [2.75, 3.05) is 13.2 Å². The minimum atomic E-state index is -4.89. The molecule has 0 saturated carbocycles. The Bertz CT molecular complexity index is 957. The number of nitrogens with zero attached hydrogens (tertiary/aromatic N) is 1. The van der Waals surface area contributed by atoms with E-state index in [1.165, 1.54) is 6.92 Å². The van der Waals surface area contributed by atoms with Gasteiger partial charge in [-0.1, -0.05) is 24.3 Å². The average Bonchev–Trinajstić information content (AvgIpc) is 3.04. The number of benzene rings is 2. The largest absolute Gasteiger partial charge is 0.416 e.